The Labute approximate surface area is 163 Å². The van der Waals surface area contributed by atoms with Gasteiger partial charge in [-0.2, -0.15) is 0 Å². The molecule has 0 bridgehead atoms. The first kappa shape index (κ1) is 18.6. The summed E-state index contributed by atoms with van der Waals surface area (Å²) in [6.07, 6.45) is 0.675. The highest BCUT2D eigenvalue weighted by Gasteiger charge is 2.33. The Balaban J connectivity index is 1.83. The predicted molar refractivity (Wildman–Crippen MR) is 101 cm³/mol. The molecule has 29 heavy (non-hydrogen) atoms. The minimum Gasteiger partial charge on any atom is -0.507 e. The molecule has 0 saturated carbocycles. The average Bonchev–Trinajstić information content (AvgIpc) is 3.13. The molecule has 1 fully saturated rings. The highest BCUT2D eigenvalue weighted by Crippen LogP contribution is 2.42. The first-order chi connectivity index (χ1) is 13.8. The van der Waals surface area contributed by atoms with E-state index in [-0.39, 0.29) is 33.8 Å². The van der Waals surface area contributed by atoms with Gasteiger partial charge in [-0.1, -0.05) is 0 Å². The quantitative estimate of drug-likeness (QED) is 0.363. The van der Waals surface area contributed by atoms with Gasteiger partial charge >= 0.3 is 5.97 Å². The smallest absolute Gasteiger partial charge is 0.320 e. The maximum Gasteiger partial charge on any atom is 0.320 e. The zero-order valence-electron chi connectivity index (χ0n) is 14.9. The molecule has 9 heteroatoms. The van der Waals surface area contributed by atoms with E-state index in [1.165, 1.54) is 24.3 Å². The van der Waals surface area contributed by atoms with Crippen LogP contribution < -0.4 is 10.7 Å². The van der Waals surface area contributed by atoms with Crippen molar-refractivity contribution in [2.45, 2.75) is 24.9 Å². The van der Waals surface area contributed by atoms with E-state index in [9.17, 15) is 30.0 Å². The van der Waals surface area contributed by atoms with Crippen LogP contribution in [0, 0.1) is 0 Å². The molecule has 0 aliphatic carbocycles. The Bertz CT molecular complexity index is 1200. The Morgan fingerprint density at radius 2 is 1.76 bits per heavy atom. The van der Waals surface area contributed by atoms with Gasteiger partial charge in [0.15, 0.2) is 16.9 Å². The number of fused-ring (bicyclic) bond motifs is 1. The van der Waals surface area contributed by atoms with Crippen molar-refractivity contribution < 1.29 is 34.7 Å². The van der Waals surface area contributed by atoms with E-state index in [0.29, 0.717) is 18.4 Å². The first-order valence-corrected chi connectivity index (χ1v) is 8.80. The van der Waals surface area contributed by atoms with Crippen LogP contribution in [0.25, 0.3) is 22.3 Å². The van der Waals surface area contributed by atoms with E-state index < -0.39 is 35.0 Å². The SMILES string of the molecule is O=C(O)[C@@H]1CC[C@H](c2c(O)cc3oc(-c4ccc(O)c(O)c4)cc(=O)c3c2O)N1. The molecule has 2 atom stereocenters. The largest absolute Gasteiger partial charge is 0.507 e. The fourth-order valence-corrected chi connectivity index (χ4v) is 3.63. The number of carboxylic acid groups (broad SMARTS) is 1. The number of carbonyl (C=O) groups is 1. The molecule has 1 aromatic heterocycles. The van der Waals surface area contributed by atoms with Gasteiger partial charge in [0.05, 0.1) is 5.56 Å². The topological polar surface area (TPSA) is 160 Å². The van der Waals surface area contributed by atoms with Gasteiger partial charge in [-0.3, -0.25) is 14.9 Å². The summed E-state index contributed by atoms with van der Waals surface area (Å²) in [6, 6.07) is 4.74. The van der Waals surface area contributed by atoms with Crippen LogP contribution >= 0.6 is 0 Å². The third-order valence-corrected chi connectivity index (χ3v) is 5.06. The fraction of sp³-hybridized carbons (Fsp3) is 0.200. The normalized spacial score (nSPS) is 18.9. The molecule has 0 unspecified atom stereocenters. The number of phenolic OH excluding ortho intramolecular Hbond substituents is 4. The van der Waals surface area contributed by atoms with Crippen molar-refractivity contribution in [2.24, 2.45) is 0 Å². The van der Waals surface area contributed by atoms with Crippen LogP contribution in [0.4, 0.5) is 0 Å². The molecule has 2 aromatic carbocycles. The number of benzene rings is 2. The molecule has 1 aliphatic rings. The lowest BCUT2D eigenvalue weighted by Crippen LogP contribution is -2.31. The molecule has 9 nitrogen and oxygen atoms in total. The van der Waals surface area contributed by atoms with Gasteiger partial charge in [-0.25, -0.2) is 0 Å². The lowest BCUT2D eigenvalue weighted by molar-refractivity contribution is -0.139. The summed E-state index contributed by atoms with van der Waals surface area (Å²) in [5.41, 5.74) is -0.306. The zero-order chi connectivity index (χ0) is 20.9. The van der Waals surface area contributed by atoms with E-state index in [4.69, 9.17) is 9.52 Å². The van der Waals surface area contributed by atoms with Crippen LogP contribution in [0.15, 0.2) is 39.5 Å². The van der Waals surface area contributed by atoms with Crippen molar-refractivity contribution in [3.63, 3.8) is 0 Å². The minimum absolute atomic E-state index is 0.0450. The monoisotopic (exact) mass is 399 g/mol. The van der Waals surface area contributed by atoms with Crippen molar-refractivity contribution in [3.8, 4) is 34.3 Å². The second-order valence-electron chi connectivity index (χ2n) is 6.90. The molecule has 3 aromatic rings. The molecule has 4 rings (SSSR count). The third-order valence-electron chi connectivity index (χ3n) is 5.06. The number of carboxylic acids is 1. The number of hydrogen-bond acceptors (Lipinski definition) is 8. The van der Waals surface area contributed by atoms with Gasteiger partial charge in [0.1, 0.15) is 34.3 Å². The zero-order valence-corrected chi connectivity index (χ0v) is 14.9. The molecule has 1 saturated heterocycles. The summed E-state index contributed by atoms with van der Waals surface area (Å²) >= 11 is 0. The second kappa shape index (κ2) is 6.71. The van der Waals surface area contributed by atoms with Gasteiger partial charge in [-0.05, 0) is 31.0 Å². The van der Waals surface area contributed by atoms with Crippen LogP contribution in [-0.2, 0) is 4.79 Å². The molecule has 150 valence electrons. The van der Waals surface area contributed by atoms with E-state index in [0.717, 1.165) is 6.07 Å². The molecule has 6 N–H and O–H groups in total. The number of rotatable bonds is 3. The molecule has 0 radical (unpaired) electrons. The number of hydrogen-bond donors (Lipinski definition) is 6. The summed E-state index contributed by atoms with van der Waals surface area (Å²) in [7, 11) is 0. The number of nitrogens with one attached hydrogen (secondary N) is 1. The highest BCUT2D eigenvalue weighted by atomic mass is 16.4. The Hall–Kier alpha value is -3.72. The van der Waals surface area contributed by atoms with E-state index in [1.54, 1.807) is 0 Å². The van der Waals surface area contributed by atoms with Crippen LogP contribution in [-0.4, -0.2) is 37.5 Å². The van der Waals surface area contributed by atoms with Gasteiger partial charge in [0.25, 0.3) is 0 Å². The average molecular weight is 399 g/mol. The molecule has 0 amide bonds. The van der Waals surface area contributed by atoms with Gasteiger partial charge in [0.2, 0.25) is 0 Å². The number of aromatic hydroxyl groups is 4. The van der Waals surface area contributed by atoms with Crippen molar-refractivity contribution in [2.75, 3.05) is 0 Å². The number of phenols is 4. The minimum atomic E-state index is -1.03. The predicted octanol–water partition coefficient (Wildman–Crippen LogP) is 2.16. The lowest BCUT2D eigenvalue weighted by atomic mass is 9.99. The Morgan fingerprint density at radius 1 is 1.00 bits per heavy atom. The summed E-state index contributed by atoms with van der Waals surface area (Å²) in [5.74, 6) is -2.51. The van der Waals surface area contributed by atoms with Crippen molar-refractivity contribution in [1.82, 2.24) is 5.32 Å². The van der Waals surface area contributed by atoms with Crippen LogP contribution in [0.3, 0.4) is 0 Å². The molecular formula is C20H17NO8. The fourth-order valence-electron chi connectivity index (χ4n) is 3.63. The maximum atomic E-state index is 12.7. The third kappa shape index (κ3) is 3.11. The van der Waals surface area contributed by atoms with Crippen LogP contribution in [0.1, 0.15) is 24.4 Å². The summed E-state index contributed by atoms with van der Waals surface area (Å²) in [4.78, 5) is 23.8. The highest BCUT2D eigenvalue weighted by molar-refractivity contribution is 5.88. The van der Waals surface area contributed by atoms with Gasteiger partial charge in [0, 0.05) is 23.7 Å². The first-order valence-electron chi connectivity index (χ1n) is 8.80. The Morgan fingerprint density at radius 3 is 2.41 bits per heavy atom. The molecule has 0 spiro atoms. The molecule has 1 aliphatic heterocycles. The van der Waals surface area contributed by atoms with Gasteiger partial charge < -0.3 is 29.9 Å². The van der Waals surface area contributed by atoms with E-state index in [1.807, 2.05) is 0 Å². The van der Waals surface area contributed by atoms with Crippen LogP contribution in [0.5, 0.6) is 23.0 Å². The lowest BCUT2D eigenvalue weighted by Gasteiger charge is -2.17. The second-order valence-corrected chi connectivity index (χ2v) is 6.90. The van der Waals surface area contributed by atoms with E-state index in [2.05, 4.69) is 5.32 Å². The summed E-state index contributed by atoms with van der Waals surface area (Å²) < 4.78 is 5.63. The molecule has 2 heterocycles. The van der Waals surface area contributed by atoms with Gasteiger partial charge in [-0.15, -0.1) is 0 Å². The standard InChI is InChI=1S/C20H17NO8/c22-11-4-1-8(5-12(11)23)15-6-14(25)18-16(29-15)7-13(24)17(19(18)26)9-2-3-10(21-9)20(27)28/h1,4-7,9-10,21-24,26H,2-3H2,(H,27,28)/t9-,10+/m1/s1. The van der Waals surface area contributed by atoms with Crippen LogP contribution in [0.2, 0.25) is 0 Å². The summed E-state index contributed by atoms with van der Waals surface area (Å²) in [6.45, 7) is 0. The maximum absolute atomic E-state index is 12.7. The molecular weight excluding hydrogens is 382 g/mol. The summed E-state index contributed by atoms with van der Waals surface area (Å²) in [5, 5.41) is 52.0. The Kier molecular flexibility index (Phi) is 4.31. The van der Waals surface area contributed by atoms with E-state index >= 15 is 0 Å². The van der Waals surface area contributed by atoms with Crippen molar-refractivity contribution in [1.29, 1.82) is 0 Å². The van der Waals surface area contributed by atoms with Crippen molar-refractivity contribution >= 4 is 16.9 Å². The number of aliphatic carboxylic acids is 1. The van der Waals surface area contributed by atoms with Crippen molar-refractivity contribution in [3.05, 3.63) is 46.1 Å².